The highest BCUT2D eigenvalue weighted by atomic mass is 16.5. The van der Waals surface area contributed by atoms with Gasteiger partial charge in [0.05, 0.1) is 13.2 Å². The van der Waals surface area contributed by atoms with E-state index in [9.17, 15) is 4.79 Å². The van der Waals surface area contributed by atoms with Crippen LogP contribution in [0.25, 0.3) is 0 Å². The molecule has 0 bridgehead atoms. The minimum Gasteiger partial charge on any atom is -0.493 e. The molecule has 0 saturated heterocycles. The Morgan fingerprint density at radius 2 is 2.29 bits per heavy atom. The predicted molar refractivity (Wildman–Crippen MR) is 78.4 cm³/mol. The second-order valence-electron chi connectivity index (χ2n) is 5.40. The molecule has 1 aromatic carbocycles. The van der Waals surface area contributed by atoms with E-state index in [0.717, 1.165) is 11.3 Å². The van der Waals surface area contributed by atoms with Crippen LogP contribution in [0, 0.1) is 5.92 Å². The number of ether oxygens (including phenoxy) is 2. The zero-order valence-corrected chi connectivity index (χ0v) is 12.2. The summed E-state index contributed by atoms with van der Waals surface area (Å²) >= 11 is 0. The molecule has 0 aliphatic carbocycles. The van der Waals surface area contributed by atoms with Gasteiger partial charge in [-0.1, -0.05) is 25.1 Å². The number of carbonyl (C=O) groups excluding carboxylic acids is 1. The SMILES string of the molecule is COCCN1C(=O)N=C(N)C12c1ccccc1OCC2C. The first kappa shape index (κ1) is 13.9. The van der Waals surface area contributed by atoms with E-state index in [0.29, 0.717) is 25.6 Å². The van der Waals surface area contributed by atoms with Crippen LogP contribution in [0.4, 0.5) is 4.79 Å². The smallest absolute Gasteiger partial charge is 0.346 e. The average molecular weight is 289 g/mol. The third-order valence-corrected chi connectivity index (χ3v) is 4.28. The summed E-state index contributed by atoms with van der Waals surface area (Å²) in [7, 11) is 1.61. The third kappa shape index (κ3) is 1.82. The zero-order chi connectivity index (χ0) is 15.0. The summed E-state index contributed by atoms with van der Waals surface area (Å²) in [6.45, 7) is 3.39. The lowest BCUT2D eigenvalue weighted by molar-refractivity contribution is 0.0617. The molecule has 0 aromatic heterocycles. The van der Waals surface area contributed by atoms with Crippen LogP contribution in [0.15, 0.2) is 29.3 Å². The van der Waals surface area contributed by atoms with Crippen molar-refractivity contribution < 1.29 is 14.3 Å². The molecule has 2 aliphatic rings. The van der Waals surface area contributed by atoms with Crippen molar-refractivity contribution in [3.63, 3.8) is 0 Å². The fourth-order valence-electron chi connectivity index (χ4n) is 3.30. The van der Waals surface area contributed by atoms with E-state index in [1.165, 1.54) is 0 Å². The first-order valence-electron chi connectivity index (χ1n) is 6.99. The number of amidine groups is 1. The van der Waals surface area contributed by atoms with Crippen molar-refractivity contribution in [3.05, 3.63) is 29.8 Å². The van der Waals surface area contributed by atoms with Gasteiger partial charge in [-0.15, -0.1) is 0 Å². The number of aliphatic imine (C=N–C) groups is 1. The van der Waals surface area contributed by atoms with Gasteiger partial charge in [0.15, 0.2) is 0 Å². The zero-order valence-electron chi connectivity index (χ0n) is 12.2. The quantitative estimate of drug-likeness (QED) is 0.911. The second-order valence-corrected chi connectivity index (χ2v) is 5.40. The van der Waals surface area contributed by atoms with Gasteiger partial charge in [0.2, 0.25) is 0 Å². The molecule has 0 saturated carbocycles. The standard InChI is InChI=1S/C15H19N3O3/c1-10-9-21-12-6-4-3-5-11(12)15(10)13(16)17-14(19)18(15)7-8-20-2/h3-6,10H,7-9H2,1-2H3,(H2,16,17,19). The van der Waals surface area contributed by atoms with Crippen molar-refractivity contribution in [2.45, 2.75) is 12.5 Å². The Labute approximate surface area is 123 Å². The molecule has 2 heterocycles. The lowest BCUT2D eigenvalue weighted by Crippen LogP contribution is -2.59. The number of hydrogen-bond donors (Lipinski definition) is 1. The van der Waals surface area contributed by atoms with Crippen LogP contribution in [0.5, 0.6) is 5.75 Å². The number of urea groups is 1. The number of amides is 2. The van der Waals surface area contributed by atoms with E-state index < -0.39 is 5.54 Å². The largest absolute Gasteiger partial charge is 0.493 e. The number of nitrogens with zero attached hydrogens (tertiary/aromatic N) is 2. The normalized spacial score (nSPS) is 27.5. The van der Waals surface area contributed by atoms with E-state index in [-0.39, 0.29) is 11.9 Å². The van der Waals surface area contributed by atoms with Crippen molar-refractivity contribution in [1.29, 1.82) is 0 Å². The Morgan fingerprint density at radius 1 is 1.52 bits per heavy atom. The fourth-order valence-corrected chi connectivity index (χ4v) is 3.30. The fraction of sp³-hybridized carbons (Fsp3) is 0.467. The molecular formula is C15H19N3O3. The van der Waals surface area contributed by atoms with Crippen molar-refractivity contribution >= 4 is 11.9 Å². The van der Waals surface area contributed by atoms with Gasteiger partial charge in [0.25, 0.3) is 0 Å². The molecule has 2 atom stereocenters. The average Bonchev–Trinajstić information content (AvgIpc) is 2.73. The molecule has 6 heteroatoms. The molecule has 112 valence electrons. The van der Waals surface area contributed by atoms with Crippen LogP contribution in [0.1, 0.15) is 12.5 Å². The van der Waals surface area contributed by atoms with Crippen molar-refractivity contribution in [3.8, 4) is 5.75 Å². The molecule has 3 rings (SSSR count). The minimum absolute atomic E-state index is 0.0134. The first-order valence-corrected chi connectivity index (χ1v) is 6.99. The molecule has 2 aliphatic heterocycles. The summed E-state index contributed by atoms with van der Waals surface area (Å²) < 4.78 is 10.9. The highest BCUT2D eigenvalue weighted by molar-refractivity contribution is 6.07. The van der Waals surface area contributed by atoms with Gasteiger partial charge >= 0.3 is 6.03 Å². The van der Waals surface area contributed by atoms with Crippen LogP contribution in [-0.4, -0.2) is 43.6 Å². The molecule has 0 radical (unpaired) electrons. The predicted octanol–water partition coefficient (Wildman–Crippen LogP) is 1.35. The number of fused-ring (bicyclic) bond motifs is 2. The number of carbonyl (C=O) groups is 1. The van der Waals surface area contributed by atoms with Crippen LogP contribution in [0.3, 0.4) is 0 Å². The maximum atomic E-state index is 12.3. The molecule has 2 N–H and O–H groups in total. The molecule has 2 amide bonds. The second kappa shape index (κ2) is 5.04. The van der Waals surface area contributed by atoms with E-state index in [1.807, 2.05) is 31.2 Å². The molecule has 1 spiro atoms. The van der Waals surface area contributed by atoms with Gasteiger partial charge in [-0.05, 0) is 6.07 Å². The molecule has 1 aromatic rings. The van der Waals surface area contributed by atoms with Gasteiger partial charge in [0.1, 0.15) is 17.1 Å². The Hall–Kier alpha value is -2.08. The third-order valence-electron chi connectivity index (χ3n) is 4.28. The van der Waals surface area contributed by atoms with Crippen molar-refractivity contribution in [2.75, 3.05) is 26.9 Å². The first-order chi connectivity index (χ1) is 10.1. The van der Waals surface area contributed by atoms with E-state index in [4.69, 9.17) is 15.2 Å². The van der Waals surface area contributed by atoms with Crippen LogP contribution >= 0.6 is 0 Å². The minimum atomic E-state index is -0.732. The number of nitrogens with two attached hydrogens (primary N) is 1. The maximum absolute atomic E-state index is 12.3. The lowest BCUT2D eigenvalue weighted by atomic mass is 9.75. The molecule has 6 nitrogen and oxygen atoms in total. The van der Waals surface area contributed by atoms with Crippen molar-refractivity contribution in [2.24, 2.45) is 16.6 Å². The monoisotopic (exact) mass is 289 g/mol. The van der Waals surface area contributed by atoms with Gasteiger partial charge < -0.3 is 20.1 Å². The Bertz CT molecular complexity index is 602. The highest BCUT2D eigenvalue weighted by Crippen LogP contribution is 2.47. The molecule has 0 fully saturated rings. The van der Waals surface area contributed by atoms with Gasteiger partial charge in [-0.25, -0.2) is 4.79 Å². The van der Waals surface area contributed by atoms with Crippen LogP contribution < -0.4 is 10.5 Å². The lowest BCUT2D eigenvalue weighted by Gasteiger charge is -2.46. The summed E-state index contributed by atoms with van der Waals surface area (Å²) in [6.07, 6.45) is 0. The van der Waals surface area contributed by atoms with Crippen LogP contribution in [-0.2, 0) is 10.3 Å². The van der Waals surface area contributed by atoms with Gasteiger partial charge in [-0.2, -0.15) is 4.99 Å². The Balaban J connectivity index is 2.15. The van der Waals surface area contributed by atoms with Crippen LogP contribution in [0.2, 0.25) is 0 Å². The molecule has 2 unspecified atom stereocenters. The summed E-state index contributed by atoms with van der Waals surface area (Å²) in [4.78, 5) is 18.0. The van der Waals surface area contributed by atoms with Gasteiger partial charge in [0, 0.05) is 25.1 Å². The highest BCUT2D eigenvalue weighted by Gasteiger charge is 2.56. The summed E-state index contributed by atoms with van der Waals surface area (Å²) in [5.74, 6) is 1.11. The van der Waals surface area contributed by atoms with Crippen molar-refractivity contribution in [1.82, 2.24) is 4.90 Å². The molecular weight excluding hydrogens is 270 g/mol. The number of methoxy groups -OCH3 is 1. The number of hydrogen-bond acceptors (Lipinski definition) is 4. The van der Waals surface area contributed by atoms with E-state index >= 15 is 0 Å². The Morgan fingerprint density at radius 3 is 3.05 bits per heavy atom. The van der Waals surface area contributed by atoms with E-state index in [1.54, 1.807) is 12.0 Å². The summed E-state index contributed by atoms with van der Waals surface area (Å²) in [5, 5.41) is 0. The number of rotatable bonds is 3. The van der Waals surface area contributed by atoms with E-state index in [2.05, 4.69) is 4.99 Å². The number of para-hydroxylation sites is 1. The number of benzene rings is 1. The summed E-state index contributed by atoms with van der Waals surface area (Å²) in [6, 6.07) is 7.37. The Kier molecular flexibility index (Phi) is 3.33. The maximum Gasteiger partial charge on any atom is 0.346 e. The topological polar surface area (TPSA) is 77.2 Å². The molecule has 21 heavy (non-hydrogen) atoms. The van der Waals surface area contributed by atoms with Gasteiger partial charge in [-0.3, -0.25) is 0 Å². The summed E-state index contributed by atoms with van der Waals surface area (Å²) in [5.41, 5.74) is 6.36.